The molecule has 1 heterocycles. The van der Waals surface area contributed by atoms with Crippen molar-refractivity contribution in [3.63, 3.8) is 0 Å². The zero-order chi connectivity index (χ0) is 10.9. The van der Waals surface area contributed by atoms with Crippen molar-refractivity contribution < 1.29 is 4.79 Å². The monoisotopic (exact) mass is 193 g/mol. The lowest BCUT2D eigenvalue weighted by molar-refractivity contribution is -0.112. The molecule has 2 N–H and O–H groups in total. The van der Waals surface area contributed by atoms with Crippen molar-refractivity contribution in [3.8, 4) is 0 Å². The van der Waals surface area contributed by atoms with E-state index in [4.69, 9.17) is 5.73 Å². The van der Waals surface area contributed by atoms with Gasteiger partial charge in [0.15, 0.2) is 0 Å². The van der Waals surface area contributed by atoms with Crippen LogP contribution in [0.25, 0.3) is 5.57 Å². The van der Waals surface area contributed by atoms with E-state index in [1.165, 1.54) is 0 Å². The fourth-order valence-electron chi connectivity index (χ4n) is 1.18. The number of hydrogen-bond acceptors (Lipinski definition) is 2. The number of rotatable bonds is 2. The molecule has 0 unspecified atom stereocenters. The first-order valence-electron chi connectivity index (χ1n) is 4.36. The third-order valence-electron chi connectivity index (χ3n) is 1.97. The molecule has 14 heavy (non-hydrogen) atoms. The Kier molecular flexibility index (Phi) is 2.47. The van der Waals surface area contributed by atoms with Crippen LogP contribution < -0.4 is 5.73 Å². The molecule has 0 saturated carbocycles. The van der Waals surface area contributed by atoms with E-state index < -0.39 is 5.91 Å². The van der Waals surface area contributed by atoms with Gasteiger partial charge in [-0.25, -0.2) is 4.98 Å². The molecule has 0 aliphatic carbocycles. The summed E-state index contributed by atoms with van der Waals surface area (Å²) in [5.41, 5.74) is 5.99. The number of carbonyl (C=O) groups is 1. The van der Waals surface area contributed by atoms with Gasteiger partial charge >= 0.3 is 0 Å². The second-order valence-electron chi connectivity index (χ2n) is 4.16. The number of amides is 1. The van der Waals surface area contributed by atoms with Gasteiger partial charge in [0, 0.05) is 5.54 Å². The predicted octanol–water partition coefficient (Wildman–Crippen LogP) is 1.14. The molecular weight excluding hydrogens is 178 g/mol. The van der Waals surface area contributed by atoms with Gasteiger partial charge in [-0.2, -0.15) is 0 Å². The average Bonchev–Trinajstić information content (AvgIpc) is 2.48. The predicted molar refractivity (Wildman–Crippen MR) is 55.5 cm³/mol. The first-order chi connectivity index (χ1) is 6.34. The molecular formula is C10H15N3O. The first-order valence-corrected chi connectivity index (χ1v) is 4.36. The number of primary amides is 1. The number of carbonyl (C=O) groups excluding carboxylic acids is 1. The summed E-state index contributed by atoms with van der Waals surface area (Å²) in [6.07, 6.45) is 3.27. The lowest BCUT2D eigenvalue weighted by Gasteiger charge is -2.23. The summed E-state index contributed by atoms with van der Waals surface area (Å²) < 4.78 is 1.88. The van der Waals surface area contributed by atoms with Crippen molar-refractivity contribution in [2.24, 2.45) is 5.73 Å². The van der Waals surface area contributed by atoms with Crippen molar-refractivity contribution in [1.29, 1.82) is 0 Å². The molecule has 1 aromatic rings. The second kappa shape index (κ2) is 3.29. The van der Waals surface area contributed by atoms with Crippen LogP contribution in [-0.2, 0) is 10.3 Å². The highest BCUT2D eigenvalue weighted by atomic mass is 16.1. The largest absolute Gasteiger partial charge is 0.366 e. The maximum atomic E-state index is 11.0. The zero-order valence-electron chi connectivity index (χ0n) is 8.74. The molecule has 0 fully saturated rings. The fraction of sp³-hybridized carbons (Fsp3) is 0.400. The molecule has 0 bridgehead atoms. The Morgan fingerprint density at radius 1 is 1.57 bits per heavy atom. The van der Waals surface area contributed by atoms with Crippen LogP contribution in [0, 0.1) is 0 Å². The Morgan fingerprint density at radius 3 is 2.57 bits per heavy atom. The Hall–Kier alpha value is -1.58. The van der Waals surface area contributed by atoms with E-state index >= 15 is 0 Å². The van der Waals surface area contributed by atoms with E-state index in [0.717, 1.165) is 0 Å². The van der Waals surface area contributed by atoms with E-state index in [-0.39, 0.29) is 11.1 Å². The summed E-state index contributed by atoms with van der Waals surface area (Å²) in [6, 6.07) is 0. The number of aromatic nitrogens is 2. The van der Waals surface area contributed by atoms with E-state index in [1.807, 2.05) is 25.3 Å². The van der Waals surface area contributed by atoms with Gasteiger partial charge in [0.05, 0.1) is 23.8 Å². The molecule has 1 amide bonds. The minimum atomic E-state index is -0.518. The highest BCUT2D eigenvalue weighted by Gasteiger charge is 2.19. The highest BCUT2D eigenvalue weighted by Crippen LogP contribution is 2.20. The zero-order valence-corrected chi connectivity index (χ0v) is 8.74. The topological polar surface area (TPSA) is 60.9 Å². The molecule has 0 atom stereocenters. The Labute approximate surface area is 83.4 Å². The fourth-order valence-corrected chi connectivity index (χ4v) is 1.18. The van der Waals surface area contributed by atoms with Crippen LogP contribution in [-0.4, -0.2) is 15.5 Å². The maximum Gasteiger partial charge on any atom is 0.250 e. The van der Waals surface area contributed by atoms with Gasteiger partial charge in [-0.15, -0.1) is 0 Å². The van der Waals surface area contributed by atoms with Gasteiger partial charge in [-0.3, -0.25) is 4.79 Å². The van der Waals surface area contributed by atoms with Crippen LogP contribution in [0.5, 0.6) is 0 Å². The maximum absolute atomic E-state index is 11.0. The average molecular weight is 193 g/mol. The molecule has 1 aromatic heterocycles. The Balaban J connectivity index is 3.18. The van der Waals surface area contributed by atoms with Crippen LogP contribution in [0.4, 0.5) is 0 Å². The highest BCUT2D eigenvalue weighted by molar-refractivity contribution is 6.17. The molecule has 0 aromatic carbocycles. The van der Waals surface area contributed by atoms with E-state index in [1.54, 1.807) is 12.5 Å². The summed E-state index contributed by atoms with van der Waals surface area (Å²) in [7, 11) is 0. The van der Waals surface area contributed by atoms with Crippen molar-refractivity contribution in [1.82, 2.24) is 9.55 Å². The summed E-state index contributed by atoms with van der Waals surface area (Å²) in [5.74, 6) is -0.518. The molecule has 4 heteroatoms. The number of nitrogens with two attached hydrogens (primary N) is 1. The molecule has 0 aliphatic rings. The second-order valence-corrected chi connectivity index (χ2v) is 4.16. The molecule has 0 aliphatic heterocycles. The lowest BCUT2D eigenvalue weighted by atomic mass is 10.1. The minimum absolute atomic E-state index is 0.135. The normalized spacial score (nSPS) is 11.4. The van der Waals surface area contributed by atoms with Crippen molar-refractivity contribution in [3.05, 3.63) is 24.8 Å². The van der Waals surface area contributed by atoms with Crippen LogP contribution in [0.2, 0.25) is 0 Å². The SMILES string of the molecule is C=C(C(N)=O)c1cncn1C(C)(C)C. The first kappa shape index (κ1) is 10.5. The van der Waals surface area contributed by atoms with Crippen LogP contribution in [0.3, 0.4) is 0 Å². The van der Waals surface area contributed by atoms with Gasteiger partial charge in [0.2, 0.25) is 5.91 Å². The number of imidazole rings is 1. The third-order valence-corrected chi connectivity index (χ3v) is 1.97. The summed E-state index contributed by atoms with van der Waals surface area (Å²) in [6.45, 7) is 9.70. The van der Waals surface area contributed by atoms with Crippen LogP contribution in [0.1, 0.15) is 26.5 Å². The van der Waals surface area contributed by atoms with Gasteiger partial charge < -0.3 is 10.3 Å². The molecule has 4 nitrogen and oxygen atoms in total. The van der Waals surface area contributed by atoms with E-state index in [0.29, 0.717) is 5.69 Å². The van der Waals surface area contributed by atoms with Crippen LogP contribution >= 0.6 is 0 Å². The van der Waals surface area contributed by atoms with Gasteiger partial charge in [-0.05, 0) is 20.8 Å². The Morgan fingerprint density at radius 2 is 2.14 bits per heavy atom. The third kappa shape index (κ3) is 1.84. The summed E-state index contributed by atoms with van der Waals surface area (Å²) in [5, 5.41) is 0. The Bertz CT molecular complexity index is 371. The van der Waals surface area contributed by atoms with Crippen molar-refractivity contribution in [2.75, 3.05) is 0 Å². The smallest absolute Gasteiger partial charge is 0.250 e. The van der Waals surface area contributed by atoms with Gasteiger partial charge in [-0.1, -0.05) is 6.58 Å². The summed E-state index contributed by atoms with van der Waals surface area (Å²) >= 11 is 0. The minimum Gasteiger partial charge on any atom is -0.366 e. The molecule has 1 rings (SSSR count). The standard InChI is InChI=1S/C10H15N3O/c1-7(9(11)14)8-5-12-6-13(8)10(2,3)4/h5-6H,1H2,2-4H3,(H2,11,14). The molecule has 0 saturated heterocycles. The van der Waals surface area contributed by atoms with Crippen molar-refractivity contribution in [2.45, 2.75) is 26.3 Å². The number of nitrogens with zero attached hydrogens (tertiary/aromatic N) is 2. The molecule has 0 spiro atoms. The van der Waals surface area contributed by atoms with Gasteiger partial charge in [0.1, 0.15) is 0 Å². The van der Waals surface area contributed by atoms with Gasteiger partial charge in [0.25, 0.3) is 0 Å². The van der Waals surface area contributed by atoms with E-state index in [2.05, 4.69) is 11.6 Å². The number of hydrogen-bond donors (Lipinski definition) is 1. The molecule has 76 valence electrons. The van der Waals surface area contributed by atoms with E-state index in [9.17, 15) is 4.79 Å². The van der Waals surface area contributed by atoms with Crippen LogP contribution in [0.15, 0.2) is 19.1 Å². The quantitative estimate of drug-likeness (QED) is 0.716. The lowest BCUT2D eigenvalue weighted by Crippen LogP contribution is -2.25. The summed E-state index contributed by atoms with van der Waals surface area (Å²) in [4.78, 5) is 14.9. The molecule has 0 radical (unpaired) electrons. The van der Waals surface area contributed by atoms with Crippen molar-refractivity contribution >= 4 is 11.5 Å².